The fourth-order valence-corrected chi connectivity index (χ4v) is 4.50. The second-order valence-corrected chi connectivity index (χ2v) is 7.05. The average molecular weight is 276 g/mol. The zero-order valence-electron chi connectivity index (χ0n) is 12.9. The second kappa shape index (κ2) is 5.88. The van der Waals surface area contributed by atoms with Crippen LogP contribution in [0.1, 0.15) is 56.3 Å². The fourth-order valence-electron chi connectivity index (χ4n) is 4.50. The molecule has 2 fully saturated rings. The van der Waals surface area contributed by atoms with E-state index in [1.54, 1.807) is 0 Å². The molecule has 3 rings (SSSR count). The van der Waals surface area contributed by atoms with Crippen molar-refractivity contribution in [2.45, 2.75) is 64.4 Å². The highest BCUT2D eigenvalue weighted by Crippen LogP contribution is 2.43. The lowest BCUT2D eigenvalue weighted by Crippen LogP contribution is -2.34. The third-order valence-corrected chi connectivity index (χ3v) is 5.64. The fraction of sp³-hybridized carbons (Fsp3) is 0.824. The van der Waals surface area contributed by atoms with Crippen molar-refractivity contribution in [2.75, 3.05) is 0 Å². The van der Waals surface area contributed by atoms with Crippen molar-refractivity contribution in [3.8, 4) is 0 Å². The first-order valence-electron chi connectivity index (χ1n) is 8.31. The SMILES string of the molecule is Cc1cc(CC(O)C2CCC3CCCCC3C2)n(C)n1. The Balaban J connectivity index is 1.60. The Morgan fingerprint density at radius 1 is 1.25 bits per heavy atom. The molecule has 20 heavy (non-hydrogen) atoms. The van der Waals surface area contributed by atoms with Gasteiger partial charge in [-0.3, -0.25) is 4.68 Å². The molecule has 2 aliphatic carbocycles. The lowest BCUT2D eigenvalue weighted by Gasteiger charge is -2.40. The Hall–Kier alpha value is -0.830. The van der Waals surface area contributed by atoms with E-state index in [-0.39, 0.29) is 6.10 Å². The first-order chi connectivity index (χ1) is 9.63. The van der Waals surface area contributed by atoms with E-state index in [2.05, 4.69) is 11.2 Å². The van der Waals surface area contributed by atoms with Crippen molar-refractivity contribution in [3.05, 3.63) is 17.5 Å². The molecule has 0 saturated heterocycles. The van der Waals surface area contributed by atoms with Gasteiger partial charge < -0.3 is 5.11 Å². The van der Waals surface area contributed by atoms with Crippen LogP contribution in [0.15, 0.2) is 6.07 Å². The van der Waals surface area contributed by atoms with Crippen LogP contribution < -0.4 is 0 Å². The molecule has 1 aromatic heterocycles. The molecule has 3 nitrogen and oxygen atoms in total. The van der Waals surface area contributed by atoms with E-state index >= 15 is 0 Å². The van der Waals surface area contributed by atoms with Crippen LogP contribution in [0.3, 0.4) is 0 Å². The Kier molecular flexibility index (Phi) is 4.16. The van der Waals surface area contributed by atoms with Crippen LogP contribution in [0.2, 0.25) is 0 Å². The molecule has 0 radical (unpaired) electrons. The molecule has 0 aliphatic heterocycles. The Morgan fingerprint density at radius 3 is 2.70 bits per heavy atom. The molecule has 2 saturated carbocycles. The van der Waals surface area contributed by atoms with Gasteiger partial charge in [0.15, 0.2) is 0 Å². The minimum Gasteiger partial charge on any atom is -0.392 e. The second-order valence-electron chi connectivity index (χ2n) is 7.05. The van der Waals surface area contributed by atoms with Gasteiger partial charge in [-0.1, -0.05) is 25.7 Å². The van der Waals surface area contributed by atoms with Crippen LogP contribution in [0.4, 0.5) is 0 Å². The molecule has 2 aliphatic rings. The Labute approximate surface area is 122 Å². The summed E-state index contributed by atoms with van der Waals surface area (Å²) >= 11 is 0. The molecule has 0 spiro atoms. The van der Waals surface area contributed by atoms with Gasteiger partial charge in [0.05, 0.1) is 11.8 Å². The van der Waals surface area contributed by atoms with Gasteiger partial charge >= 0.3 is 0 Å². The third kappa shape index (κ3) is 2.93. The summed E-state index contributed by atoms with van der Waals surface area (Å²) in [4.78, 5) is 0. The maximum absolute atomic E-state index is 10.6. The first-order valence-corrected chi connectivity index (χ1v) is 8.31. The highest BCUT2D eigenvalue weighted by Gasteiger charge is 2.35. The van der Waals surface area contributed by atoms with Crippen LogP contribution >= 0.6 is 0 Å². The van der Waals surface area contributed by atoms with Crippen molar-refractivity contribution in [1.82, 2.24) is 9.78 Å². The summed E-state index contributed by atoms with van der Waals surface area (Å²) in [6.07, 6.45) is 10.1. The number of nitrogens with zero attached hydrogens (tertiary/aromatic N) is 2. The highest BCUT2D eigenvalue weighted by atomic mass is 16.3. The molecule has 1 heterocycles. The number of fused-ring (bicyclic) bond motifs is 1. The van der Waals surface area contributed by atoms with Gasteiger partial charge in [-0.05, 0) is 50.0 Å². The number of aliphatic hydroxyl groups excluding tert-OH is 1. The van der Waals surface area contributed by atoms with E-state index in [0.29, 0.717) is 5.92 Å². The van der Waals surface area contributed by atoms with E-state index < -0.39 is 0 Å². The quantitative estimate of drug-likeness (QED) is 0.920. The summed E-state index contributed by atoms with van der Waals surface area (Å²) in [6, 6.07) is 2.11. The van der Waals surface area contributed by atoms with Crippen molar-refractivity contribution in [2.24, 2.45) is 24.8 Å². The zero-order valence-corrected chi connectivity index (χ0v) is 12.9. The molecule has 4 unspecified atom stereocenters. The molecule has 0 bridgehead atoms. The van der Waals surface area contributed by atoms with Crippen molar-refractivity contribution < 1.29 is 5.11 Å². The van der Waals surface area contributed by atoms with Crippen LogP contribution in [0.5, 0.6) is 0 Å². The number of hydrogen-bond donors (Lipinski definition) is 1. The molecular weight excluding hydrogens is 248 g/mol. The van der Waals surface area contributed by atoms with Gasteiger partial charge in [-0.15, -0.1) is 0 Å². The predicted octanol–water partition coefficient (Wildman–Crippen LogP) is 3.24. The Bertz CT molecular complexity index is 454. The lowest BCUT2D eigenvalue weighted by atomic mass is 9.66. The largest absolute Gasteiger partial charge is 0.392 e. The molecular formula is C17H28N2O. The van der Waals surface area contributed by atoms with Crippen LogP contribution in [-0.2, 0) is 13.5 Å². The molecule has 112 valence electrons. The number of rotatable bonds is 3. The van der Waals surface area contributed by atoms with Crippen LogP contribution in [0.25, 0.3) is 0 Å². The maximum atomic E-state index is 10.6. The lowest BCUT2D eigenvalue weighted by molar-refractivity contribution is 0.0351. The summed E-state index contributed by atoms with van der Waals surface area (Å²) in [7, 11) is 1.98. The third-order valence-electron chi connectivity index (χ3n) is 5.64. The van der Waals surface area contributed by atoms with Crippen LogP contribution in [-0.4, -0.2) is 21.0 Å². The van der Waals surface area contributed by atoms with E-state index in [4.69, 9.17) is 0 Å². The van der Waals surface area contributed by atoms with Gasteiger partial charge in [-0.25, -0.2) is 0 Å². The van der Waals surface area contributed by atoms with Gasteiger partial charge in [0.25, 0.3) is 0 Å². The number of hydrogen-bond acceptors (Lipinski definition) is 2. The number of aryl methyl sites for hydroxylation is 2. The van der Waals surface area contributed by atoms with E-state index in [1.165, 1.54) is 50.6 Å². The standard InChI is InChI=1S/C17H28N2O/c1-12-9-16(19(2)18-12)11-17(20)15-8-7-13-5-3-4-6-14(13)10-15/h9,13-15,17,20H,3-8,10-11H2,1-2H3. The normalized spacial score (nSPS) is 31.9. The maximum Gasteiger partial charge on any atom is 0.0623 e. The molecule has 3 heteroatoms. The predicted molar refractivity (Wildman–Crippen MR) is 80.4 cm³/mol. The van der Waals surface area contributed by atoms with Crippen molar-refractivity contribution >= 4 is 0 Å². The molecule has 1 aromatic rings. The van der Waals surface area contributed by atoms with E-state index in [1.807, 2.05) is 18.7 Å². The zero-order chi connectivity index (χ0) is 14.1. The molecule has 1 N–H and O–H groups in total. The summed E-state index contributed by atoms with van der Waals surface area (Å²) in [5, 5.41) is 15.0. The molecule has 0 amide bonds. The topological polar surface area (TPSA) is 38.0 Å². The van der Waals surface area contributed by atoms with Crippen LogP contribution in [0, 0.1) is 24.7 Å². The average Bonchev–Trinajstić information content (AvgIpc) is 2.76. The monoisotopic (exact) mass is 276 g/mol. The highest BCUT2D eigenvalue weighted by molar-refractivity contribution is 5.10. The van der Waals surface area contributed by atoms with Gasteiger partial charge in [-0.2, -0.15) is 5.10 Å². The molecule has 4 atom stereocenters. The summed E-state index contributed by atoms with van der Waals surface area (Å²) in [5.74, 6) is 2.36. The van der Waals surface area contributed by atoms with Crippen molar-refractivity contribution in [3.63, 3.8) is 0 Å². The first kappa shape index (κ1) is 14.1. The van der Waals surface area contributed by atoms with Gasteiger partial charge in [0, 0.05) is 19.2 Å². The van der Waals surface area contributed by atoms with E-state index in [9.17, 15) is 5.11 Å². The summed E-state index contributed by atoms with van der Waals surface area (Å²) < 4.78 is 1.92. The van der Waals surface area contributed by atoms with Gasteiger partial charge in [0.2, 0.25) is 0 Å². The smallest absolute Gasteiger partial charge is 0.0623 e. The van der Waals surface area contributed by atoms with Crippen molar-refractivity contribution in [1.29, 1.82) is 0 Å². The minimum atomic E-state index is -0.187. The molecule has 0 aromatic carbocycles. The van der Waals surface area contributed by atoms with E-state index in [0.717, 1.165) is 24.0 Å². The summed E-state index contributed by atoms with van der Waals surface area (Å²) in [6.45, 7) is 2.02. The number of aliphatic hydroxyl groups is 1. The minimum absolute atomic E-state index is 0.187. The Morgan fingerprint density at radius 2 is 2.00 bits per heavy atom. The number of aromatic nitrogens is 2. The van der Waals surface area contributed by atoms with Gasteiger partial charge in [0.1, 0.15) is 0 Å². The summed E-state index contributed by atoms with van der Waals surface area (Å²) in [5.41, 5.74) is 2.21.